The number of ketones is 1. The van der Waals surface area contributed by atoms with Gasteiger partial charge in [-0.1, -0.05) is 34.1 Å². The lowest BCUT2D eigenvalue weighted by Gasteiger charge is -2.30. The van der Waals surface area contributed by atoms with Crippen LogP contribution in [0.1, 0.15) is 29.9 Å². The fourth-order valence-electron chi connectivity index (χ4n) is 4.06. The van der Waals surface area contributed by atoms with Crippen LogP contribution in [-0.4, -0.2) is 10.8 Å². The Morgan fingerprint density at radius 2 is 2.00 bits per heavy atom. The minimum Gasteiger partial charge on any atom is -0.358 e. The zero-order valence-corrected chi connectivity index (χ0v) is 15.0. The standard InChI is InChI=1S/C21H15BrN2O/c22-13-4-1-3-12(11-13)19-20-14-5-2-10-23-15(14)6-7-16(20)24-17-8-9-18(25)21(17)19/h1-7,10-11,19,24H,8-9H2. The van der Waals surface area contributed by atoms with E-state index in [9.17, 15) is 4.79 Å². The predicted molar refractivity (Wildman–Crippen MR) is 103 cm³/mol. The highest BCUT2D eigenvalue weighted by Gasteiger charge is 2.37. The molecule has 3 aromatic rings. The highest BCUT2D eigenvalue weighted by Crippen LogP contribution is 2.48. The lowest BCUT2D eigenvalue weighted by atomic mass is 9.79. The molecule has 1 aromatic heterocycles. The van der Waals surface area contributed by atoms with Crippen LogP contribution in [0.25, 0.3) is 10.9 Å². The Balaban J connectivity index is 1.85. The van der Waals surface area contributed by atoms with E-state index in [1.54, 1.807) is 0 Å². The maximum absolute atomic E-state index is 12.7. The first-order valence-electron chi connectivity index (χ1n) is 8.39. The summed E-state index contributed by atoms with van der Waals surface area (Å²) in [5, 5.41) is 4.62. The molecule has 0 radical (unpaired) electrons. The van der Waals surface area contributed by atoms with E-state index in [4.69, 9.17) is 0 Å². The van der Waals surface area contributed by atoms with Crippen molar-refractivity contribution in [2.24, 2.45) is 0 Å². The fraction of sp³-hybridized carbons (Fsp3) is 0.143. The Hall–Kier alpha value is -2.46. The molecule has 1 aliphatic carbocycles. The first kappa shape index (κ1) is 14.8. The number of nitrogens with one attached hydrogen (secondary N) is 1. The second-order valence-corrected chi connectivity index (χ2v) is 7.44. The molecule has 0 fully saturated rings. The van der Waals surface area contributed by atoms with Gasteiger partial charge in [-0.3, -0.25) is 9.78 Å². The van der Waals surface area contributed by atoms with Gasteiger partial charge >= 0.3 is 0 Å². The number of rotatable bonds is 1. The molecule has 3 nitrogen and oxygen atoms in total. The van der Waals surface area contributed by atoms with Crippen molar-refractivity contribution in [2.45, 2.75) is 18.8 Å². The van der Waals surface area contributed by atoms with E-state index in [1.807, 2.05) is 30.5 Å². The monoisotopic (exact) mass is 390 g/mol. The summed E-state index contributed by atoms with van der Waals surface area (Å²) < 4.78 is 1.02. The molecule has 5 rings (SSSR count). The van der Waals surface area contributed by atoms with Gasteiger partial charge in [-0.2, -0.15) is 0 Å². The summed E-state index contributed by atoms with van der Waals surface area (Å²) in [4.78, 5) is 17.2. The lowest BCUT2D eigenvalue weighted by molar-refractivity contribution is -0.115. The molecule has 25 heavy (non-hydrogen) atoms. The van der Waals surface area contributed by atoms with Crippen LogP contribution in [0.3, 0.4) is 0 Å². The summed E-state index contributed by atoms with van der Waals surface area (Å²) >= 11 is 3.58. The third-order valence-electron chi connectivity index (χ3n) is 5.10. The molecular weight excluding hydrogens is 376 g/mol. The summed E-state index contributed by atoms with van der Waals surface area (Å²) in [6.07, 6.45) is 3.19. The van der Waals surface area contributed by atoms with Crippen LogP contribution in [-0.2, 0) is 4.79 Å². The van der Waals surface area contributed by atoms with Crippen LogP contribution in [0.4, 0.5) is 5.69 Å². The maximum atomic E-state index is 12.7. The fourth-order valence-corrected chi connectivity index (χ4v) is 4.48. The number of Topliss-reactive ketones (excluding diaryl/α,β-unsaturated/α-hetero) is 1. The molecule has 0 bridgehead atoms. The summed E-state index contributed by atoms with van der Waals surface area (Å²) in [7, 11) is 0. The van der Waals surface area contributed by atoms with Gasteiger partial charge < -0.3 is 5.32 Å². The Morgan fingerprint density at radius 3 is 2.88 bits per heavy atom. The summed E-state index contributed by atoms with van der Waals surface area (Å²) in [6.45, 7) is 0. The van der Waals surface area contributed by atoms with Crippen molar-refractivity contribution >= 4 is 38.3 Å². The number of pyridine rings is 1. The average Bonchev–Trinajstić information content (AvgIpc) is 3.00. The van der Waals surface area contributed by atoms with Crippen molar-refractivity contribution < 1.29 is 4.79 Å². The van der Waals surface area contributed by atoms with Gasteiger partial charge in [0.15, 0.2) is 5.78 Å². The van der Waals surface area contributed by atoms with E-state index in [1.165, 1.54) is 0 Å². The largest absolute Gasteiger partial charge is 0.358 e. The third-order valence-corrected chi connectivity index (χ3v) is 5.59. The number of nitrogens with zero attached hydrogens (tertiary/aromatic N) is 1. The van der Waals surface area contributed by atoms with Crippen LogP contribution in [0, 0.1) is 0 Å². The molecule has 2 aliphatic rings. The first-order chi connectivity index (χ1) is 12.2. The van der Waals surface area contributed by atoms with E-state index in [2.05, 4.69) is 50.5 Å². The zero-order chi connectivity index (χ0) is 17.0. The quantitative estimate of drug-likeness (QED) is 0.622. The number of benzene rings is 2. The number of allylic oxidation sites excluding steroid dienone is 2. The highest BCUT2D eigenvalue weighted by molar-refractivity contribution is 9.10. The van der Waals surface area contributed by atoms with Crippen molar-refractivity contribution in [2.75, 3.05) is 5.32 Å². The van der Waals surface area contributed by atoms with Gasteiger partial charge in [-0.15, -0.1) is 0 Å². The van der Waals surface area contributed by atoms with Crippen molar-refractivity contribution in [1.82, 2.24) is 4.98 Å². The summed E-state index contributed by atoms with van der Waals surface area (Å²) in [6, 6.07) is 16.5. The molecule has 122 valence electrons. The Bertz CT molecular complexity index is 1070. The predicted octanol–water partition coefficient (Wildman–Crippen LogP) is 5.17. The summed E-state index contributed by atoms with van der Waals surface area (Å²) in [5.74, 6) is 0.200. The topological polar surface area (TPSA) is 42.0 Å². The Kier molecular flexibility index (Phi) is 3.28. The average molecular weight is 391 g/mol. The van der Waals surface area contributed by atoms with E-state index in [-0.39, 0.29) is 11.7 Å². The zero-order valence-electron chi connectivity index (χ0n) is 13.4. The molecular formula is C21H15BrN2O. The minimum absolute atomic E-state index is 0.0494. The number of aromatic nitrogens is 1. The van der Waals surface area contributed by atoms with Gasteiger partial charge in [-0.05, 0) is 47.9 Å². The van der Waals surface area contributed by atoms with Crippen molar-refractivity contribution in [3.05, 3.63) is 81.6 Å². The van der Waals surface area contributed by atoms with Crippen LogP contribution in [0.15, 0.2) is 70.5 Å². The Morgan fingerprint density at radius 1 is 1.08 bits per heavy atom. The smallest absolute Gasteiger partial charge is 0.161 e. The van der Waals surface area contributed by atoms with Crippen molar-refractivity contribution in [1.29, 1.82) is 0 Å². The maximum Gasteiger partial charge on any atom is 0.161 e. The second-order valence-electron chi connectivity index (χ2n) is 6.53. The number of fused-ring (bicyclic) bond motifs is 3. The number of halogens is 1. The summed E-state index contributed by atoms with van der Waals surface area (Å²) in [5.41, 5.74) is 6.32. The van der Waals surface area contributed by atoms with E-state index in [0.29, 0.717) is 6.42 Å². The lowest BCUT2D eigenvalue weighted by Crippen LogP contribution is -2.19. The van der Waals surface area contributed by atoms with Gasteiger partial charge in [0.2, 0.25) is 0 Å². The van der Waals surface area contributed by atoms with Crippen molar-refractivity contribution in [3.63, 3.8) is 0 Å². The first-order valence-corrected chi connectivity index (χ1v) is 9.18. The highest BCUT2D eigenvalue weighted by atomic mass is 79.9. The second kappa shape index (κ2) is 5.53. The molecule has 0 saturated carbocycles. The number of hydrogen-bond acceptors (Lipinski definition) is 3. The molecule has 1 atom stereocenters. The van der Waals surface area contributed by atoms with Gasteiger partial charge in [0.05, 0.1) is 5.52 Å². The number of carbonyl (C=O) groups is 1. The molecule has 4 heteroatoms. The van der Waals surface area contributed by atoms with Gasteiger partial charge in [-0.25, -0.2) is 0 Å². The van der Waals surface area contributed by atoms with Gasteiger partial charge in [0.1, 0.15) is 0 Å². The van der Waals surface area contributed by atoms with Crippen LogP contribution < -0.4 is 5.32 Å². The van der Waals surface area contributed by atoms with Gasteiger partial charge in [0.25, 0.3) is 0 Å². The molecule has 1 unspecified atom stereocenters. The normalized spacial score (nSPS) is 18.9. The molecule has 0 amide bonds. The van der Waals surface area contributed by atoms with E-state index < -0.39 is 0 Å². The SMILES string of the molecule is O=C1CCC2=C1C(c1cccc(Br)c1)c1c(ccc3ncccc13)N2. The third kappa shape index (κ3) is 2.24. The van der Waals surface area contributed by atoms with Crippen molar-refractivity contribution in [3.8, 4) is 0 Å². The van der Waals surface area contributed by atoms with E-state index in [0.717, 1.165) is 49.9 Å². The van der Waals surface area contributed by atoms with Crippen LogP contribution in [0.2, 0.25) is 0 Å². The van der Waals surface area contributed by atoms with Crippen LogP contribution in [0.5, 0.6) is 0 Å². The molecule has 0 spiro atoms. The number of carbonyl (C=O) groups excluding carboxylic acids is 1. The van der Waals surface area contributed by atoms with E-state index >= 15 is 0 Å². The molecule has 2 aromatic carbocycles. The minimum atomic E-state index is -0.0494. The molecule has 1 N–H and O–H groups in total. The number of hydrogen-bond donors (Lipinski definition) is 1. The molecule has 1 aliphatic heterocycles. The molecule has 2 heterocycles. The molecule has 0 saturated heterocycles. The Labute approximate surface area is 153 Å². The van der Waals surface area contributed by atoms with Crippen LogP contribution >= 0.6 is 15.9 Å². The van der Waals surface area contributed by atoms with Gasteiger partial charge in [0, 0.05) is 45.4 Å². The number of anilines is 1.